The van der Waals surface area contributed by atoms with E-state index < -0.39 is 25.8 Å². The second kappa shape index (κ2) is 15.6. The molecule has 2 unspecified atom stereocenters. The van der Waals surface area contributed by atoms with Gasteiger partial charge in [-0.25, -0.2) is 0 Å². The van der Waals surface area contributed by atoms with Crippen LogP contribution in [0.5, 0.6) is 0 Å². The zero-order valence-electron chi connectivity index (χ0n) is 19.3. The largest absolute Gasteiger partial charge is 0.285 e. The minimum absolute atomic E-state index is 0.115. The van der Waals surface area contributed by atoms with Crippen molar-refractivity contribution in [2.24, 2.45) is 0 Å². The van der Waals surface area contributed by atoms with Crippen molar-refractivity contribution >= 4 is 10.1 Å². The van der Waals surface area contributed by atoms with Crippen LogP contribution in [0, 0.1) is 10.1 Å². The van der Waals surface area contributed by atoms with Gasteiger partial charge in [0.25, 0.3) is 15.7 Å². The molecule has 0 aromatic heterocycles. The second-order valence-corrected chi connectivity index (χ2v) is 10.5. The molecule has 1 aliphatic carbocycles. The maximum absolute atomic E-state index is 11.7. The summed E-state index contributed by atoms with van der Waals surface area (Å²) in [6.07, 6.45) is 25.0. The van der Waals surface area contributed by atoms with Gasteiger partial charge in [0.1, 0.15) is 0 Å². The van der Waals surface area contributed by atoms with Gasteiger partial charge in [0, 0.05) is 11.3 Å². The summed E-state index contributed by atoms with van der Waals surface area (Å²) in [5.74, 6) is 0. The molecule has 0 aliphatic heterocycles. The van der Waals surface area contributed by atoms with E-state index >= 15 is 0 Å². The molecule has 0 radical (unpaired) electrons. The molecule has 0 amide bonds. The highest BCUT2D eigenvalue weighted by atomic mass is 32.2. The highest BCUT2D eigenvalue weighted by molar-refractivity contribution is 7.86. The van der Waals surface area contributed by atoms with Gasteiger partial charge in [-0.05, 0) is 12.5 Å². The minimum Gasteiger partial charge on any atom is -0.285 e. The normalized spacial score (nSPS) is 20.9. The van der Waals surface area contributed by atoms with Crippen LogP contribution < -0.4 is 0 Å². The first kappa shape index (κ1) is 27.8. The van der Waals surface area contributed by atoms with Gasteiger partial charge in [0.05, 0.1) is 0 Å². The number of allylic oxidation sites excluding steroid dienone is 2. The number of hydrogen-bond donors (Lipinski definition) is 1. The van der Waals surface area contributed by atoms with Crippen LogP contribution in [0.25, 0.3) is 0 Å². The van der Waals surface area contributed by atoms with E-state index in [0.29, 0.717) is 6.42 Å². The minimum atomic E-state index is -4.53. The van der Waals surface area contributed by atoms with Crippen LogP contribution in [0.3, 0.4) is 0 Å². The van der Waals surface area contributed by atoms with Crippen LogP contribution in [0.1, 0.15) is 116 Å². The van der Waals surface area contributed by atoms with Gasteiger partial charge in [-0.3, -0.25) is 14.7 Å². The molecule has 0 aromatic carbocycles. The first-order chi connectivity index (χ1) is 14.8. The summed E-state index contributed by atoms with van der Waals surface area (Å²) in [7, 11) is -4.53. The average molecular weight is 458 g/mol. The van der Waals surface area contributed by atoms with Gasteiger partial charge in [-0.1, -0.05) is 121 Å². The summed E-state index contributed by atoms with van der Waals surface area (Å²) in [6, 6.07) is 0. The van der Waals surface area contributed by atoms with Crippen LogP contribution in [-0.4, -0.2) is 28.7 Å². The molecular formula is C24H43NO5S. The zero-order valence-corrected chi connectivity index (χ0v) is 20.2. The highest BCUT2D eigenvalue weighted by Gasteiger charge is 2.53. The van der Waals surface area contributed by atoms with Crippen molar-refractivity contribution in [1.29, 1.82) is 0 Å². The van der Waals surface area contributed by atoms with Crippen molar-refractivity contribution in [3.63, 3.8) is 0 Å². The lowest BCUT2D eigenvalue weighted by Crippen LogP contribution is -2.51. The summed E-state index contributed by atoms with van der Waals surface area (Å²) in [5, 5.41) is 10.2. The topological polar surface area (TPSA) is 97.5 Å². The monoisotopic (exact) mass is 457 g/mol. The fourth-order valence-electron chi connectivity index (χ4n) is 4.44. The Bertz CT molecular complexity index is 659. The van der Waals surface area contributed by atoms with E-state index in [1.165, 1.54) is 101 Å². The van der Waals surface area contributed by atoms with E-state index in [-0.39, 0.29) is 6.42 Å². The van der Waals surface area contributed by atoms with E-state index in [1.807, 2.05) is 0 Å². The molecule has 0 fully saturated rings. The molecule has 1 N–H and O–H groups in total. The first-order valence-corrected chi connectivity index (χ1v) is 13.8. The number of hydrogen-bond acceptors (Lipinski definition) is 4. The van der Waals surface area contributed by atoms with Gasteiger partial charge in [-0.2, -0.15) is 8.42 Å². The van der Waals surface area contributed by atoms with Crippen LogP contribution >= 0.6 is 0 Å². The van der Waals surface area contributed by atoms with Crippen molar-refractivity contribution in [3.05, 3.63) is 34.4 Å². The summed E-state index contributed by atoms with van der Waals surface area (Å²) >= 11 is 0. The fourth-order valence-corrected chi connectivity index (χ4v) is 5.53. The fraction of sp³-hybridized carbons (Fsp3) is 0.833. The summed E-state index contributed by atoms with van der Waals surface area (Å²) in [6.45, 7) is 2.25. The van der Waals surface area contributed by atoms with Gasteiger partial charge in [0.15, 0.2) is 5.25 Å². The first-order valence-electron chi connectivity index (χ1n) is 12.3. The van der Waals surface area contributed by atoms with Gasteiger partial charge >= 0.3 is 0 Å². The van der Waals surface area contributed by atoms with Crippen molar-refractivity contribution in [2.45, 2.75) is 127 Å². The molecule has 0 bridgehead atoms. The Hall–Kier alpha value is -1.21. The predicted molar refractivity (Wildman–Crippen MR) is 128 cm³/mol. The van der Waals surface area contributed by atoms with E-state index in [4.69, 9.17) is 0 Å². The van der Waals surface area contributed by atoms with E-state index in [0.717, 1.165) is 19.3 Å². The molecule has 31 heavy (non-hydrogen) atoms. The lowest BCUT2D eigenvalue weighted by molar-refractivity contribution is -0.554. The molecule has 0 heterocycles. The molecule has 1 rings (SSSR count). The second-order valence-electron chi connectivity index (χ2n) is 8.98. The maximum Gasteiger partial charge on any atom is 0.278 e. The number of nitrogens with zero attached hydrogens (tertiary/aromatic N) is 1. The van der Waals surface area contributed by atoms with Crippen molar-refractivity contribution < 1.29 is 17.9 Å². The molecule has 0 saturated carbocycles. The Morgan fingerprint density at radius 2 is 1.23 bits per heavy atom. The van der Waals surface area contributed by atoms with Gasteiger partial charge in [0.2, 0.25) is 0 Å². The van der Waals surface area contributed by atoms with Crippen LogP contribution in [0.15, 0.2) is 24.3 Å². The number of nitro groups is 1. The molecule has 7 heteroatoms. The van der Waals surface area contributed by atoms with Gasteiger partial charge in [-0.15, -0.1) is 0 Å². The van der Waals surface area contributed by atoms with E-state index in [9.17, 15) is 23.1 Å². The SMILES string of the molecule is CCCCCCCCCCCCCCCCCCC1([N+](=O)[O-])C=CC=CC1S(=O)(=O)O. The quantitative estimate of drug-likeness (QED) is 0.0971. The van der Waals surface area contributed by atoms with Crippen LogP contribution in [0.2, 0.25) is 0 Å². The highest BCUT2D eigenvalue weighted by Crippen LogP contribution is 2.32. The maximum atomic E-state index is 11.7. The summed E-state index contributed by atoms with van der Waals surface area (Å²) < 4.78 is 32.7. The standard InChI is InChI=1S/C24H43NO5S/c1-2-3-4-5-6-7-8-9-10-11-12-13-14-15-16-18-21-24(25(26)27)22-19-17-20-23(24)31(28,29)30/h17,19-20,22-23H,2-16,18,21H2,1H3,(H,28,29,30). The van der Waals surface area contributed by atoms with Crippen molar-refractivity contribution in [3.8, 4) is 0 Å². The Morgan fingerprint density at radius 3 is 1.61 bits per heavy atom. The van der Waals surface area contributed by atoms with Crippen molar-refractivity contribution in [2.75, 3.05) is 0 Å². The Morgan fingerprint density at radius 1 is 0.806 bits per heavy atom. The third kappa shape index (κ3) is 10.8. The summed E-state index contributed by atoms with van der Waals surface area (Å²) in [5.41, 5.74) is -1.77. The number of unbranched alkanes of at least 4 members (excludes halogenated alkanes) is 15. The molecule has 6 nitrogen and oxygen atoms in total. The Kier molecular flexibility index (Phi) is 14.0. The average Bonchev–Trinajstić information content (AvgIpc) is 2.72. The third-order valence-electron chi connectivity index (χ3n) is 6.37. The third-order valence-corrected chi connectivity index (χ3v) is 7.57. The van der Waals surface area contributed by atoms with Crippen molar-refractivity contribution in [1.82, 2.24) is 0 Å². The lowest BCUT2D eigenvalue weighted by Gasteiger charge is -2.28. The molecule has 2 atom stereocenters. The Balaban J connectivity index is 2.09. The molecule has 0 saturated heterocycles. The van der Waals surface area contributed by atoms with Crippen LogP contribution in [0.4, 0.5) is 0 Å². The molecule has 1 aliphatic rings. The molecule has 0 spiro atoms. The summed E-state index contributed by atoms with van der Waals surface area (Å²) in [4.78, 5) is 11.1. The lowest BCUT2D eigenvalue weighted by atomic mass is 9.85. The van der Waals surface area contributed by atoms with Gasteiger partial charge < -0.3 is 0 Å². The smallest absolute Gasteiger partial charge is 0.278 e. The number of rotatable bonds is 19. The molecule has 0 aromatic rings. The predicted octanol–water partition coefficient (Wildman–Crippen LogP) is 7.04. The Labute approximate surface area is 189 Å². The molecular weight excluding hydrogens is 414 g/mol. The zero-order chi connectivity index (χ0) is 23.0. The molecule has 180 valence electrons. The van der Waals surface area contributed by atoms with Crippen LogP contribution in [-0.2, 0) is 10.1 Å². The van der Waals surface area contributed by atoms with E-state index in [2.05, 4.69) is 6.92 Å². The van der Waals surface area contributed by atoms with E-state index in [1.54, 1.807) is 0 Å².